The molecule has 202 valence electrons. The molecule has 4 rings (SSSR count). The summed E-state index contributed by atoms with van der Waals surface area (Å²) in [5, 5.41) is 3.26. The Balaban J connectivity index is 1.67. The number of amides is 1. The molecule has 1 aromatic carbocycles. The topological polar surface area (TPSA) is 41.6 Å². The van der Waals surface area contributed by atoms with Crippen molar-refractivity contribution in [1.29, 1.82) is 0 Å². The average molecular weight is 521 g/mol. The van der Waals surface area contributed by atoms with Crippen LogP contribution in [-0.2, 0) is 28.4 Å². The summed E-state index contributed by atoms with van der Waals surface area (Å²) in [5.74, 6) is 0.315. The lowest BCUT2D eigenvalue weighted by molar-refractivity contribution is -0.145. The number of nitrogens with one attached hydrogen (secondary N) is 1. The van der Waals surface area contributed by atoms with Crippen LogP contribution < -0.4 is 5.32 Å². The van der Waals surface area contributed by atoms with Gasteiger partial charge in [0.15, 0.2) is 0 Å². The molecular weight excluding hydrogens is 486 g/mol. The number of nitrogens with zero attached hydrogens (tertiary/aromatic N) is 1. The molecule has 3 aliphatic rings. The van der Waals surface area contributed by atoms with Crippen molar-refractivity contribution < 1.29 is 35.9 Å². The normalized spacial score (nSPS) is 26.7. The van der Waals surface area contributed by atoms with E-state index in [0.717, 1.165) is 25.0 Å². The van der Waals surface area contributed by atoms with Gasteiger partial charge in [0.05, 0.1) is 22.1 Å². The minimum absolute atomic E-state index is 0.0397. The highest BCUT2D eigenvalue weighted by Crippen LogP contribution is 2.45. The molecule has 2 atom stereocenters. The highest BCUT2D eigenvalue weighted by atomic mass is 19.4. The number of halogens is 6. The molecule has 0 aromatic heterocycles. The second kappa shape index (κ2) is 9.82. The van der Waals surface area contributed by atoms with Gasteiger partial charge in [-0.2, -0.15) is 26.3 Å². The van der Waals surface area contributed by atoms with Gasteiger partial charge in [-0.25, -0.2) is 0 Å². The highest BCUT2D eigenvalue weighted by Gasteiger charge is 2.47. The van der Waals surface area contributed by atoms with Gasteiger partial charge < -0.3 is 15.0 Å². The summed E-state index contributed by atoms with van der Waals surface area (Å²) < 4.78 is 86.6. The zero-order valence-corrected chi connectivity index (χ0v) is 20.7. The molecule has 1 N–H and O–H groups in total. The fraction of sp³-hybridized carbons (Fsp3) is 0.731. The predicted octanol–water partition coefficient (Wildman–Crippen LogP) is 6.04. The summed E-state index contributed by atoms with van der Waals surface area (Å²) in [6, 6.07) is 1.61. The highest BCUT2D eigenvalue weighted by molar-refractivity contribution is 5.83. The molecule has 2 aliphatic heterocycles. The molecule has 1 saturated carbocycles. The first-order valence-corrected chi connectivity index (χ1v) is 12.6. The lowest BCUT2D eigenvalue weighted by Gasteiger charge is -2.40. The van der Waals surface area contributed by atoms with E-state index in [-0.39, 0.29) is 36.5 Å². The minimum atomic E-state index is -4.93. The van der Waals surface area contributed by atoms with Gasteiger partial charge in [-0.15, -0.1) is 0 Å². The molecule has 2 saturated heterocycles. The van der Waals surface area contributed by atoms with Crippen molar-refractivity contribution in [2.45, 2.75) is 76.9 Å². The fourth-order valence-electron chi connectivity index (χ4n) is 5.77. The Hall–Kier alpha value is -1.81. The average Bonchev–Trinajstić information content (AvgIpc) is 3.44. The van der Waals surface area contributed by atoms with Crippen LogP contribution in [0.1, 0.15) is 69.1 Å². The number of carbonyl (C=O) groups is 1. The Labute approximate surface area is 207 Å². The maximum atomic E-state index is 14.0. The van der Waals surface area contributed by atoms with Crippen LogP contribution in [0.25, 0.3) is 0 Å². The Bertz CT molecular complexity index is 916. The summed E-state index contributed by atoms with van der Waals surface area (Å²) in [6.45, 7) is 5.52. The first-order valence-electron chi connectivity index (χ1n) is 12.6. The molecule has 0 spiro atoms. The van der Waals surface area contributed by atoms with Gasteiger partial charge in [-0.1, -0.05) is 12.8 Å². The van der Waals surface area contributed by atoms with E-state index < -0.39 is 34.5 Å². The van der Waals surface area contributed by atoms with Crippen molar-refractivity contribution in [3.63, 3.8) is 0 Å². The molecule has 0 bridgehead atoms. The third-order valence-corrected chi connectivity index (χ3v) is 7.66. The molecule has 10 heteroatoms. The molecule has 4 nitrogen and oxygen atoms in total. The third kappa shape index (κ3) is 6.54. The third-order valence-electron chi connectivity index (χ3n) is 7.66. The number of benzene rings is 1. The van der Waals surface area contributed by atoms with Crippen molar-refractivity contribution in [3.05, 3.63) is 34.9 Å². The monoisotopic (exact) mass is 520 g/mol. The standard InChI is InChI=1S/C26H34F6N2O2/c1-23(2)12-18(5-8-36-23)14-34(22(35)24(6-7-33-16-24)13-17-3-4-17)15-19-9-20(25(27,28)29)11-21(10-19)26(30,31)32/h9-11,17-18,33H,3-8,12-16H2,1-2H3. The molecule has 1 aromatic rings. The van der Waals surface area contributed by atoms with E-state index in [9.17, 15) is 31.1 Å². The van der Waals surface area contributed by atoms with Gasteiger partial charge >= 0.3 is 12.4 Å². The molecule has 2 unspecified atom stereocenters. The number of alkyl halides is 6. The maximum absolute atomic E-state index is 14.0. The largest absolute Gasteiger partial charge is 0.416 e. The van der Waals surface area contributed by atoms with Crippen molar-refractivity contribution in [3.8, 4) is 0 Å². The van der Waals surface area contributed by atoms with E-state index in [1.54, 1.807) is 0 Å². The van der Waals surface area contributed by atoms with E-state index in [0.29, 0.717) is 51.3 Å². The molecular formula is C26H34F6N2O2. The van der Waals surface area contributed by atoms with E-state index in [4.69, 9.17) is 4.74 Å². The first kappa shape index (κ1) is 27.2. The van der Waals surface area contributed by atoms with Gasteiger partial charge in [0.1, 0.15) is 0 Å². The summed E-state index contributed by atoms with van der Waals surface area (Å²) in [6.07, 6.45) is -5.12. The predicted molar refractivity (Wildman–Crippen MR) is 122 cm³/mol. The summed E-state index contributed by atoms with van der Waals surface area (Å²) >= 11 is 0. The molecule has 0 radical (unpaired) electrons. The molecule has 1 amide bonds. The number of hydrogen-bond donors (Lipinski definition) is 1. The second-order valence-corrected chi connectivity index (χ2v) is 11.4. The first-order chi connectivity index (χ1) is 16.7. The van der Waals surface area contributed by atoms with Crippen LogP contribution in [0.15, 0.2) is 18.2 Å². The van der Waals surface area contributed by atoms with Gasteiger partial charge in [0, 0.05) is 26.2 Å². The molecule has 36 heavy (non-hydrogen) atoms. The van der Waals surface area contributed by atoms with E-state index >= 15 is 0 Å². The zero-order valence-electron chi connectivity index (χ0n) is 20.7. The number of hydrogen-bond acceptors (Lipinski definition) is 3. The Morgan fingerprint density at radius 2 is 1.67 bits per heavy atom. The van der Waals surface area contributed by atoms with Crippen LogP contribution >= 0.6 is 0 Å². The molecule has 3 fully saturated rings. The zero-order chi connectivity index (χ0) is 26.4. The number of carbonyl (C=O) groups excluding carboxylic acids is 1. The van der Waals surface area contributed by atoms with Crippen LogP contribution in [0.5, 0.6) is 0 Å². The van der Waals surface area contributed by atoms with E-state index in [2.05, 4.69) is 5.32 Å². The van der Waals surface area contributed by atoms with Crippen molar-refractivity contribution >= 4 is 5.91 Å². The van der Waals surface area contributed by atoms with Crippen LogP contribution in [0.2, 0.25) is 0 Å². The van der Waals surface area contributed by atoms with Crippen molar-refractivity contribution in [2.24, 2.45) is 17.3 Å². The lowest BCUT2D eigenvalue weighted by Crippen LogP contribution is -2.48. The van der Waals surface area contributed by atoms with Crippen LogP contribution in [0.3, 0.4) is 0 Å². The quantitative estimate of drug-likeness (QED) is 0.446. The van der Waals surface area contributed by atoms with Crippen molar-refractivity contribution in [2.75, 3.05) is 26.2 Å². The van der Waals surface area contributed by atoms with Gasteiger partial charge in [-0.3, -0.25) is 4.79 Å². The summed E-state index contributed by atoms with van der Waals surface area (Å²) in [7, 11) is 0. The molecule has 2 heterocycles. The Morgan fingerprint density at radius 3 is 2.17 bits per heavy atom. The number of ether oxygens (including phenoxy) is 1. The van der Waals surface area contributed by atoms with Crippen LogP contribution in [0.4, 0.5) is 26.3 Å². The number of rotatable bonds is 7. The van der Waals surface area contributed by atoms with Crippen LogP contribution in [0, 0.1) is 17.3 Å². The molecule has 1 aliphatic carbocycles. The lowest BCUT2D eigenvalue weighted by atomic mass is 9.79. The van der Waals surface area contributed by atoms with Crippen LogP contribution in [-0.4, -0.2) is 42.6 Å². The minimum Gasteiger partial charge on any atom is -0.376 e. The van der Waals surface area contributed by atoms with Gasteiger partial charge in [-0.05, 0) is 81.7 Å². The summed E-state index contributed by atoms with van der Waals surface area (Å²) in [5.41, 5.74) is -3.96. The van der Waals surface area contributed by atoms with Gasteiger partial charge in [0.25, 0.3) is 0 Å². The van der Waals surface area contributed by atoms with E-state index in [1.165, 1.54) is 4.90 Å². The fourth-order valence-corrected chi connectivity index (χ4v) is 5.77. The summed E-state index contributed by atoms with van der Waals surface area (Å²) in [4.78, 5) is 15.6. The Morgan fingerprint density at radius 1 is 1.03 bits per heavy atom. The smallest absolute Gasteiger partial charge is 0.376 e. The van der Waals surface area contributed by atoms with Crippen molar-refractivity contribution in [1.82, 2.24) is 10.2 Å². The van der Waals surface area contributed by atoms with Gasteiger partial charge in [0.2, 0.25) is 5.91 Å². The van der Waals surface area contributed by atoms with E-state index in [1.807, 2.05) is 13.8 Å². The SMILES string of the molecule is CC1(C)CC(CN(Cc2cc(C(F)(F)F)cc(C(F)(F)F)c2)C(=O)C2(CC3CC3)CCNC2)CCO1. The maximum Gasteiger partial charge on any atom is 0.416 e. The Kier molecular flexibility index (Phi) is 7.43. The second-order valence-electron chi connectivity index (χ2n) is 11.4.